The highest BCUT2D eigenvalue weighted by Crippen LogP contribution is 2.33. The molecule has 168 valence electrons. The van der Waals surface area contributed by atoms with Crippen LogP contribution in [0.3, 0.4) is 0 Å². The Kier molecular flexibility index (Phi) is 5.73. The highest BCUT2D eigenvalue weighted by Gasteiger charge is 2.33. The van der Waals surface area contributed by atoms with E-state index in [9.17, 15) is 13.6 Å². The largest absolute Gasteiger partial charge is 0.443 e. The van der Waals surface area contributed by atoms with Gasteiger partial charge in [-0.1, -0.05) is 17.3 Å². The second-order valence-corrected chi connectivity index (χ2v) is 8.06. The molecule has 1 amide bonds. The Hall–Kier alpha value is -3.81. The van der Waals surface area contributed by atoms with Crippen molar-refractivity contribution < 1.29 is 22.5 Å². The average Bonchev–Trinajstić information content (AvgIpc) is 3.51. The summed E-state index contributed by atoms with van der Waals surface area (Å²) in [7, 11) is 0. The van der Waals surface area contributed by atoms with Crippen LogP contribution in [0.4, 0.5) is 8.78 Å². The van der Waals surface area contributed by atoms with Crippen molar-refractivity contribution >= 4 is 5.91 Å². The van der Waals surface area contributed by atoms with E-state index in [1.54, 1.807) is 41.4 Å². The lowest BCUT2D eigenvalue weighted by atomic mass is 10.0. The van der Waals surface area contributed by atoms with Crippen molar-refractivity contribution in [3.63, 3.8) is 0 Å². The van der Waals surface area contributed by atoms with E-state index >= 15 is 0 Å². The highest BCUT2D eigenvalue weighted by atomic mass is 19.1. The van der Waals surface area contributed by atoms with Gasteiger partial charge >= 0.3 is 0 Å². The van der Waals surface area contributed by atoms with Crippen molar-refractivity contribution in [2.24, 2.45) is 0 Å². The Labute approximate surface area is 188 Å². The third-order valence-electron chi connectivity index (χ3n) is 5.77. The molecular weight excluding hydrogens is 428 g/mol. The molecule has 0 saturated carbocycles. The van der Waals surface area contributed by atoms with Crippen LogP contribution in [0.5, 0.6) is 0 Å². The van der Waals surface area contributed by atoms with E-state index < -0.39 is 0 Å². The number of aromatic nitrogens is 2. The van der Waals surface area contributed by atoms with Gasteiger partial charge in [-0.3, -0.25) is 4.79 Å². The number of hydrogen-bond donors (Lipinski definition) is 0. The molecule has 5 rings (SSSR count). The van der Waals surface area contributed by atoms with E-state index in [1.807, 2.05) is 0 Å². The third kappa shape index (κ3) is 4.55. The van der Waals surface area contributed by atoms with Gasteiger partial charge < -0.3 is 13.8 Å². The zero-order valence-corrected chi connectivity index (χ0v) is 17.7. The van der Waals surface area contributed by atoms with Gasteiger partial charge in [0, 0.05) is 24.6 Å². The van der Waals surface area contributed by atoms with Crippen LogP contribution in [-0.4, -0.2) is 27.5 Å². The fourth-order valence-corrected chi connectivity index (χ4v) is 4.07. The number of carbonyl (C=O) groups is 1. The number of oxazole rings is 1. The van der Waals surface area contributed by atoms with Gasteiger partial charge in [0.2, 0.25) is 11.7 Å². The zero-order chi connectivity index (χ0) is 22.8. The minimum Gasteiger partial charge on any atom is -0.443 e. The van der Waals surface area contributed by atoms with E-state index in [0.717, 1.165) is 24.8 Å². The number of carbonyl (C=O) groups excluding carboxylic acids is 1. The molecule has 0 aliphatic carbocycles. The van der Waals surface area contributed by atoms with E-state index in [2.05, 4.69) is 10.1 Å². The van der Waals surface area contributed by atoms with Crippen LogP contribution in [-0.2, 0) is 6.42 Å². The van der Waals surface area contributed by atoms with Crippen LogP contribution in [0.1, 0.15) is 53.1 Å². The van der Waals surface area contributed by atoms with Gasteiger partial charge in [0.05, 0.1) is 6.20 Å². The van der Waals surface area contributed by atoms with Gasteiger partial charge in [0.15, 0.2) is 0 Å². The van der Waals surface area contributed by atoms with Gasteiger partial charge in [0.25, 0.3) is 5.91 Å². The standard InChI is InChI=1S/C25H21F2N3O3/c26-18-8-4-16(5-9-18)13-20-15-28-24(32-20)22-3-1-2-12-30(22)25(31)23-14-21(29-33-23)17-6-10-19(27)11-7-17/h4-11,14-15,22H,1-3,12-13H2/t22-/m1/s1. The second kappa shape index (κ2) is 8.97. The molecule has 3 heterocycles. The smallest absolute Gasteiger partial charge is 0.293 e. The zero-order valence-electron chi connectivity index (χ0n) is 17.7. The van der Waals surface area contributed by atoms with Gasteiger partial charge in [-0.25, -0.2) is 13.8 Å². The second-order valence-electron chi connectivity index (χ2n) is 8.06. The first kappa shape index (κ1) is 21.1. The summed E-state index contributed by atoms with van der Waals surface area (Å²) in [5.41, 5.74) is 2.03. The molecule has 1 aliphatic heterocycles. The maximum atomic E-state index is 13.2. The molecule has 0 spiro atoms. The molecule has 1 atom stereocenters. The van der Waals surface area contributed by atoms with Crippen LogP contribution in [0.25, 0.3) is 11.3 Å². The number of rotatable bonds is 5. The lowest BCUT2D eigenvalue weighted by Crippen LogP contribution is -2.38. The molecule has 33 heavy (non-hydrogen) atoms. The predicted octanol–water partition coefficient (Wildman–Crippen LogP) is 5.57. The highest BCUT2D eigenvalue weighted by molar-refractivity contribution is 5.92. The van der Waals surface area contributed by atoms with E-state index in [4.69, 9.17) is 8.94 Å². The summed E-state index contributed by atoms with van der Waals surface area (Å²) in [5, 5.41) is 3.98. The summed E-state index contributed by atoms with van der Waals surface area (Å²) >= 11 is 0. The molecule has 2 aromatic heterocycles. The molecule has 0 unspecified atom stereocenters. The average molecular weight is 449 g/mol. The summed E-state index contributed by atoms with van der Waals surface area (Å²) in [6, 6.07) is 13.3. The molecular formula is C25H21F2N3O3. The van der Waals surface area contributed by atoms with Crippen LogP contribution in [0.15, 0.2) is 69.7 Å². The Morgan fingerprint density at radius 2 is 1.76 bits per heavy atom. The maximum Gasteiger partial charge on any atom is 0.293 e. The summed E-state index contributed by atoms with van der Waals surface area (Å²) in [5.74, 6) is 0.298. The van der Waals surface area contributed by atoms with Crippen LogP contribution in [0.2, 0.25) is 0 Å². The molecule has 0 bridgehead atoms. The van der Waals surface area contributed by atoms with Gasteiger partial charge in [-0.05, 0) is 61.2 Å². The van der Waals surface area contributed by atoms with Gasteiger partial charge in [0.1, 0.15) is 29.1 Å². The summed E-state index contributed by atoms with van der Waals surface area (Å²) in [6.07, 6.45) is 4.67. The number of piperidine rings is 1. The summed E-state index contributed by atoms with van der Waals surface area (Å²) in [6.45, 7) is 0.547. The van der Waals surface area contributed by atoms with Crippen LogP contribution < -0.4 is 0 Å². The molecule has 2 aromatic carbocycles. The number of halogens is 2. The van der Waals surface area contributed by atoms with E-state index in [0.29, 0.717) is 35.9 Å². The molecule has 0 N–H and O–H groups in total. The molecule has 0 radical (unpaired) electrons. The topological polar surface area (TPSA) is 72.4 Å². The van der Waals surface area contributed by atoms with Crippen molar-refractivity contribution in [1.82, 2.24) is 15.0 Å². The molecule has 4 aromatic rings. The maximum absolute atomic E-state index is 13.2. The monoisotopic (exact) mass is 449 g/mol. The Morgan fingerprint density at radius 1 is 1.03 bits per heavy atom. The molecule has 1 aliphatic rings. The number of benzene rings is 2. The SMILES string of the molecule is O=C(c1cc(-c2ccc(F)cc2)no1)N1CCCC[C@@H]1c1ncc(Cc2ccc(F)cc2)o1. The third-order valence-corrected chi connectivity index (χ3v) is 5.77. The summed E-state index contributed by atoms with van der Waals surface area (Å²) < 4.78 is 37.6. The van der Waals surface area contributed by atoms with E-state index in [1.165, 1.54) is 24.3 Å². The van der Waals surface area contributed by atoms with Gasteiger partial charge in [-0.2, -0.15) is 0 Å². The fourth-order valence-electron chi connectivity index (χ4n) is 4.07. The Bertz CT molecular complexity index is 1250. The van der Waals surface area contributed by atoms with Crippen LogP contribution in [0, 0.1) is 11.6 Å². The van der Waals surface area contributed by atoms with Crippen molar-refractivity contribution in [2.75, 3.05) is 6.54 Å². The van der Waals surface area contributed by atoms with E-state index in [-0.39, 0.29) is 29.3 Å². The Balaban J connectivity index is 1.34. The van der Waals surface area contributed by atoms with Crippen molar-refractivity contribution in [3.8, 4) is 11.3 Å². The summed E-state index contributed by atoms with van der Waals surface area (Å²) in [4.78, 5) is 19.4. The molecule has 1 fully saturated rings. The number of nitrogens with zero attached hydrogens (tertiary/aromatic N) is 3. The molecule has 8 heteroatoms. The minimum atomic E-state index is -0.348. The first-order chi connectivity index (χ1) is 16.1. The molecule has 1 saturated heterocycles. The van der Waals surface area contributed by atoms with Crippen molar-refractivity contribution in [3.05, 3.63) is 95.4 Å². The predicted molar refractivity (Wildman–Crippen MR) is 115 cm³/mol. The number of amides is 1. The first-order valence-electron chi connectivity index (χ1n) is 10.8. The lowest BCUT2D eigenvalue weighted by Gasteiger charge is -2.32. The van der Waals surface area contributed by atoms with Crippen molar-refractivity contribution in [2.45, 2.75) is 31.7 Å². The minimum absolute atomic E-state index is 0.110. The quantitative estimate of drug-likeness (QED) is 0.399. The molecule has 6 nitrogen and oxygen atoms in total. The first-order valence-corrected chi connectivity index (χ1v) is 10.8. The normalized spacial score (nSPS) is 16.2. The number of hydrogen-bond acceptors (Lipinski definition) is 5. The van der Waals surface area contributed by atoms with Gasteiger partial charge in [-0.15, -0.1) is 0 Å². The number of likely N-dealkylation sites (tertiary alicyclic amines) is 1. The fraction of sp³-hybridized carbons (Fsp3) is 0.240. The Morgan fingerprint density at radius 3 is 2.52 bits per heavy atom. The van der Waals surface area contributed by atoms with Crippen molar-refractivity contribution in [1.29, 1.82) is 0 Å². The van der Waals surface area contributed by atoms with Crippen LogP contribution >= 0.6 is 0 Å². The lowest BCUT2D eigenvalue weighted by molar-refractivity contribution is 0.0528.